The van der Waals surface area contributed by atoms with Crippen LogP contribution in [0.4, 0.5) is 5.69 Å². The normalized spacial score (nSPS) is 17.8. The molecule has 1 amide bonds. The van der Waals surface area contributed by atoms with Crippen LogP contribution in [0, 0.1) is 0 Å². The fourth-order valence-electron chi connectivity index (χ4n) is 3.71. The molecule has 0 aliphatic carbocycles. The van der Waals surface area contributed by atoms with Gasteiger partial charge in [0.1, 0.15) is 11.0 Å². The van der Waals surface area contributed by atoms with E-state index in [-0.39, 0.29) is 5.91 Å². The van der Waals surface area contributed by atoms with Crippen molar-refractivity contribution in [2.75, 3.05) is 25.1 Å². The lowest BCUT2D eigenvalue weighted by Crippen LogP contribution is -2.51. The predicted octanol–water partition coefficient (Wildman–Crippen LogP) is 3.67. The summed E-state index contributed by atoms with van der Waals surface area (Å²) in [6.45, 7) is 2.26. The second-order valence-corrected chi connectivity index (χ2v) is 8.31. The molecule has 1 aliphatic rings. The van der Waals surface area contributed by atoms with Gasteiger partial charge in [-0.25, -0.2) is 4.98 Å². The first kappa shape index (κ1) is 18.5. The highest BCUT2D eigenvalue weighted by Gasteiger charge is 2.30. The van der Waals surface area contributed by atoms with Crippen molar-refractivity contribution in [3.8, 4) is 0 Å². The standard InChI is InChI=1S/C20H18ClN5O2S/c21-12-7-14-13-1-2-22-9-16(13)24-19(14)15(8-12)25-20(27)17-11-28-5-4-26(17)10-18-23-3-6-29-18/h1-3,6-9,17,24H,4-5,10-11H2,(H,25,27)/t17-/m0/s1. The zero-order valence-electron chi connectivity index (χ0n) is 15.4. The Hall–Kier alpha value is -2.52. The van der Waals surface area contributed by atoms with Crippen LogP contribution in [-0.2, 0) is 16.1 Å². The SMILES string of the molecule is O=C(Nc1cc(Cl)cc2c1[nH]c1cnccc12)[C@@H]1COCCN1Cc1nccs1. The zero-order valence-corrected chi connectivity index (χ0v) is 17.0. The molecule has 7 nitrogen and oxygen atoms in total. The van der Waals surface area contributed by atoms with E-state index in [0.29, 0.717) is 37.0 Å². The van der Waals surface area contributed by atoms with E-state index in [1.54, 1.807) is 36.0 Å². The molecule has 0 unspecified atom stereocenters. The third-order valence-corrected chi connectivity index (χ3v) is 6.08. The van der Waals surface area contributed by atoms with Gasteiger partial charge in [0.15, 0.2) is 0 Å². The smallest absolute Gasteiger partial charge is 0.244 e. The molecule has 0 saturated carbocycles. The first-order valence-corrected chi connectivity index (χ1v) is 10.5. The van der Waals surface area contributed by atoms with Crippen LogP contribution >= 0.6 is 22.9 Å². The number of fused-ring (bicyclic) bond motifs is 3. The third kappa shape index (κ3) is 3.60. The molecule has 4 aromatic rings. The molecule has 1 fully saturated rings. The highest BCUT2D eigenvalue weighted by Crippen LogP contribution is 2.33. The topological polar surface area (TPSA) is 83.1 Å². The fraction of sp³-hybridized carbons (Fsp3) is 0.250. The van der Waals surface area contributed by atoms with Crippen molar-refractivity contribution in [2.45, 2.75) is 12.6 Å². The number of benzene rings is 1. The average molecular weight is 428 g/mol. The number of ether oxygens (including phenoxy) is 1. The fourth-order valence-corrected chi connectivity index (χ4v) is 4.56. The van der Waals surface area contributed by atoms with Gasteiger partial charge in [-0.1, -0.05) is 11.6 Å². The van der Waals surface area contributed by atoms with Crippen LogP contribution < -0.4 is 5.32 Å². The minimum absolute atomic E-state index is 0.124. The van der Waals surface area contributed by atoms with Gasteiger partial charge >= 0.3 is 0 Å². The Labute approximate surface area is 175 Å². The molecule has 1 aromatic carbocycles. The number of hydrogen-bond acceptors (Lipinski definition) is 6. The maximum Gasteiger partial charge on any atom is 0.244 e. The second kappa shape index (κ2) is 7.72. The molecule has 29 heavy (non-hydrogen) atoms. The highest BCUT2D eigenvalue weighted by molar-refractivity contribution is 7.09. The summed E-state index contributed by atoms with van der Waals surface area (Å²) in [6, 6.07) is 5.19. The van der Waals surface area contributed by atoms with Crippen LogP contribution in [0.3, 0.4) is 0 Å². The number of H-pyrrole nitrogens is 1. The van der Waals surface area contributed by atoms with Gasteiger partial charge in [0.25, 0.3) is 0 Å². The van der Waals surface area contributed by atoms with Crippen LogP contribution in [0.1, 0.15) is 5.01 Å². The van der Waals surface area contributed by atoms with Crippen LogP contribution in [0.15, 0.2) is 42.2 Å². The molecule has 148 valence electrons. The number of morpholine rings is 1. The number of aromatic amines is 1. The summed E-state index contributed by atoms with van der Waals surface area (Å²) in [5.41, 5.74) is 2.37. The summed E-state index contributed by atoms with van der Waals surface area (Å²) < 4.78 is 5.59. The maximum absolute atomic E-state index is 13.2. The summed E-state index contributed by atoms with van der Waals surface area (Å²) in [5.74, 6) is -0.124. The van der Waals surface area contributed by atoms with Gasteiger partial charge < -0.3 is 15.0 Å². The second-order valence-electron chi connectivity index (χ2n) is 6.90. The van der Waals surface area contributed by atoms with Crippen molar-refractivity contribution in [3.05, 3.63) is 52.2 Å². The Morgan fingerprint density at radius 2 is 2.31 bits per heavy atom. The third-order valence-electron chi connectivity index (χ3n) is 5.10. The van der Waals surface area contributed by atoms with Gasteiger partial charge in [-0.3, -0.25) is 14.7 Å². The van der Waals surface area contributed by atoms with Crippen LogP contribution in [0.25, 0.3) is 21.8 Å². The van der Waals surface area contributed by atoms with Crippen molar-refractivity contribution >= 4 is 56.3 Å². The number of thiazole rings is 1. The van der Waals surface area contributed by atoms with Crippen LogP contribution in [-0.4, -0.2) is 51.6 Å². The number of carbonyl (C=O) groups excluding carboxylic acids is 1. The number of rotatable bonds is 4. The van der Waals surface area contributed by atoms with E-state index in [2.05, 4.69) is 25.2 Å². The summed E-state index contributed by atoms with van der Waals surface area (Å²) in [5, 5.41) is 8.50. The molecular weight excluding hydrogens is 410 g/mol. The summed E-state index contributed by atoms with van der Waals surface area (Å²) >= 11 is 7.94. The number of anilines is 1. The minimum Gasteiger partial charge on any atom is -0.378 e. The lowest BCUT2D eigenvalue weighted by molar-refractivity contribution is -0.127. The molecule has 0 spiro atoms. The van der Waals surface area contributed by atoms with Crippen molar-refractivity contribution in [1.82, 2.24) is 19.9 Å². The van der Waals surface area contributed by atoms with Gasteiger partial charge in [0.05, 0.1) is 42.7 Å². The van der Waals surface area contributed by atoms with E-state index in [4.69, 9.17) is 16.3 Å². The Morgan fingerprint density at radius 1 is 1.38 bits per heavy atom. The van der Waals surface area contributed by atoms with Gasteiger partial charge in [-0.05, 0) is 18.2 Å². The van der Waals surface area contributed by atoms with Crippen LogP contribution in [0.2, 0.25) is 5.02 Å². The van der Waals surface area contributed by atoms with Gasteiger partial charge in [0.2, 0.25) is 5.91 Å². The molecule has 5 rings (SSSR count). The minimum atomic E-state index is -0.396. The number of amides is 1. The highest BCUT2D eigenvalue weighted by atomic mass is 35.5. The predicted molar refractivity (Wildman–Crippen MR) is 114 cm³/mol. The molecule has 4 heterocycles. The Bertz CT molecular complexity index is 1180. The van der Waals surface area contributed by atoms with E-state index < -0.39 is 6.04 Å². The van der Waals surface area contributed by atoms with E-state index >= 15 is 0 Å². The molecule has 1 atom stereocenters. The number of aromatic nitrogens is 3. The molecule has 1 aliphatic heterocycles. The number of nitrogens with zero attached hydrogens (tertiary/aromatic N) is 3. The number of halogens is 1. The number of pyridine rings is 1. The molecule has 0 bridgehead atoms. The van der Waals surface area contributed by atoms with Crippen molar-refractivity contribution in [2.24, 2.45) is 0 Å². The summed E-state index contributed by atoms with van der Waals surface area (Å²) in [6.07, 6.45) is 5.28. The Kier molecular flexibility index (Phi) is 4.92. The molecular formula is C20H18ClN5O2S. The number of carbonyl (C=O) groups is 1. The maximum atomic E-state index is 13.2. The van der Waals surface area contributed by atoms with E-state index in [9.17, 15) is 4.79 Å². The molecule has 0 radical (unpaired) electrons. The summed E-state index contributed by atoms with van der Waals surface area (Å²) in [4.78, 5) is 27.1. The van der Waals surface area contributed by atoms with Crippen LogP contribution in [0.5, 0.6) is 0 Å². The largest absolute Gasteiger partial charge is 0.378 e. The van der Waals surface area contributed by atoms with E-state index in [0.717, 1.165) is 26.8 Å². The van der Waals surface area contributed by atoms with Crippen molar-refractivity contribution in [1.29, 1.82) is 0 Å². The summed E-state index contributed by atoms with van der Waals surface area (Å²) in [7, 11) is 0. The Morgan fingerprint density at radius 3 is 3.17 bits per heavy atom. The molecule has 2 N–H and O–H groups in total. The van der Waals surface area contributed by atoms with Gasteiger partial charge in [0, 0.05) is 40.1 Å². The first-order chi connectivity index (χ1) is 14.2. The quantitative estimate of drug-likeness (QED) is 0.519. The average Bonchev–Trinajstić information content (AvgIpc) is 3.36. The number of nitrogens with one attached hydrogen (secondary N) is 2. The zero-order chi connectivity index (χ0) is 19.8. The van der Waals surface area contributed by atoms with Crippen molar-refractivity contribution in [3.63, 3.8) is 0 Å². The molecule has 1 saturated heterocycles. The molecule has 3 aromatic heterocycles. The lowest BCUT2D eigenvalue weighted by atomic mass is 10.1. The number of hydrogen-bond donors (Lipinski definition) is 2. The van der Waals surface area contributed by atoms with Gasteiger partial charge in [-0.15, -0.1) is 11.3 Å². The molecule has 9 heteroatoms. The van der Waals surface area contributed by atoms with E-state index in [1.807, 2.05) is 17.5 Å². The van der Waals surface area contributed by atoms with E-state index in [1.165, 1.54) is 0 Å². The monoisotopic (exact) mass is 427 g/mol. The lowest BCUT2D eigenvalue weighted by Gasteiger charge is -2.33. The Balaban J connectivity index is 1.45. The van der Waals surface area contributed by atoms with Crippen molar-refractivity contribution < 1.29 is 9.53 Å². The first-order valence-electron chi connectivity index (χ1n) is 9.25. The van der Waals surface area contributed by atoms with Gasteiger partial charge in [-0.2, -0.15) is 0 Å².